The van der Waals surface area contributed by atoms with E-state index >= 15 is 0 Å². The van der Waals surface area contributed by atoms with Crippen LogP contribution in [-0.4, -0.2) is 6.54 Å². The average Bonchev–Trinajstić information content (AvgIpc) is 2.42. The molecular formula is C16H16Br2FNO. The molecule has 0 unspecified atom stereocenters. The van der Waals surface area contributed by atoms with E-state index in [4.69, 9.17) is 10.5 Å². The Labute approximate surface area is 140 Å². The van der Waals surface area contributed by atoms with Crippen LogP contribution in [0.4, 0.5) is 4.39 Å². The lowest BCUT2D eigenvalue weighted by atomic mass is 10.1. The van der Waals surface area contributed by atoms with Crippen LogP contribution in [0.3, 0.4) is 0 Å². The van der Waals surface area contributed by atoms with E-state index in [9.17, 15) is 4.39 Å². The van der Waals surface area contributed by atoms with Gasteiger partial charge in [-0.3, -0.25) is 0 Å². The second kappa shape index (κ2) is 7.38. The Balaban J connectivity index is 2.25. The van der Waals surface area contributed by atoms with Crippen LogP contribution in [0, 0.1) is 12.7 Å². The highest BCUT2D eigenvalue weighted by Crippen LogP contribution is 2.30. The highest BCUT2D eigenvalue weighted by Gasteiger charge is 2.11. The van der Waals surface area contributed by atoms with Crippen molar-refractivity contribution in [2.45, 2.75) is 20.0 Å². The Morgan fingerprint density at radius 3 is 2.67 bits per heavy atom. The zero-order valence-corrected chi connectivity index (χ0v) is 14.8. The van der Waals surface area contributed by atoms with Gasteiger partial charge in [0.1, 0.15) is 18.2 Å². The predicted octanol–water partition coefficient (Wildman–Crippen LogP) is 4.74. The molecule has 0 radical (unpaired) electrons. The van der Waals surface area contributed by atoms with Gasteiger partial charge in [0.05, 0.1) is 4.47 Å². The number of hydrogen-bond donors (Lipinski definition) is 1. The van der Waals surface area contributed by atoms with Crippen molar-refractivity contribution < 1.29 is 9.13 Å². The monoisotopic (exact) mass is 415 g/mol. The normalized spacial score (nSPS) is 10.7. The average molecular weight is 417 g/mol. The van der Waals surface area contributed by atoms with Crippen LogP contribution in [0.1, 0.15) is 16.7 Å². The van der Waals surface area contributed by atoms with E-state index in [1.807, 2.05) is 25.1 Å². The molecule has 0 amide bonds. The summed E-state index contributed by atoms with van der Waals surface area (Å²) in [5, 5.41) is 0. The molecule has 2 aromatic rings. The Morgan fingerprint density at radius 1 is 1.19 bits per heavy atom. The third-order valence-electron chi connectivity index (χ3n) is 3.13. The van der Waals surface area contributed by atoms with Gasteiger partial charge in [0.15, 0.2) is 0 Å². The smallest absolute Gasteiger partial charge is 0.137 e. The molecule has 0 spiro atoms. The molecule has 5 heteroatoms. The lowest BCUT2D eigenvalue weighted by Crippen LogP contribution is -2.07. The fourth-order valence-corrected chi connectivity index (χ4v) is 3.16. The Hall–Kier alpha value is -0.910. The number of ether oxygens (including phenoxy) is 1. The van der Waals surface area contributed by atoms with Gasteiger partial charge < -0.3 is 10.5 Å². The van der Waals surface area contributed by atoms with Gasteiger partial charge in [-0.25, -0.2) is 4.39 Å². The standard InChI is InChI=1S/C16H16Br2FNO/c1-10-7-13(17)8-11(5-6-20)16(10)21-9-12-3-2-4-14(19)15(12)18/h2-4,7-8H,5-6,9,20H2,1H3. The van der Waals surface area contributed by atoms with E-state index in [0.29, 0.717) is 17.6 Å². The lowest BCUT2D eigenvalue weighted by molar-refractivity contribution is 0.299. The molecule has 0 bridgehead atoms. The van der Waals surface area contributed by atoms with Gasteiger partial charge in [0.25, 0.3) is 0 Å². The first-order valence-electron chi connectivity index (χ1n) is 6.57. The van der Waals surface area contributed by atoms with Crippen molar-refractivity contribution in [3.63, 3.8) is 0 Å². The Morgan fingerprint density at radius 2 is 1.95 bits per heavy atom. The molecule has 2 rings (SSSR count). The van der Waals surface area contributed by atoms with Crippen LogP contribution in [0.5, 0.6) is 5.75 Å². The van der Waals surface area contributed by atoms with E-state index in [0.717, 1.165) is 33.3 Å². The zero-order valence-electron chi connectivity index (χ0n) is 11.6. The molecule has 0 aromatic heterocycles. The van der Waals surface area contributed by atoms with E-state index in [-0.39, 0.29) is 5.82 Å². The molecule has 0 aliphatic rings. The molecular weight excluding hydrogens is 401 g/mol. The highest BCUT2D eigenvalue weighted by atomic mass is 79.9. The molecule has 0 aliphatic carbocycles. The maximum Gasteiger partial charge on any atom is 0.137 e. The fraction of sp³-hybridized carbons (Fsp3) is 0.250. The molecule has 0 fully saturated rings. The van der Waals surface area contributed by atoms with Crippen molar-refractivity contribution in [1.29, 1.82) is 0 Å². The van der Waals surface area contributed by atoms with Crippen molar-refractivity contribution in [2.24, 2.45) is 5.73 Å². The summed E-state index contributed by atoms with van der Waals surface area (Å²) in [6, 6.07) is 8.93. The number of benzene rings is 2. The molecule has 2 nitrogen and oxygen atoms in total. The van der Waals surface area contributed by atoms with Crippen molar-refractivity contribution in [2.75, 3.05) is 6.54 Å². The summed E-state index contributed by atoms with van der Waals surface area (Å²) >= 11 is 6.73. The molecule has 0 aliphatic heterocycles. The molecule has 2 N–H and O–H groups in total. The summed E-state index contributed by atoms with van der Waals surface area (Å²) in [6.07, 6.45) is 0.736. The largest absolute Gasteiger partial charge is 0.488 e. The van der Waals surface area contributed by atoms with Crippen LogP contribution >= 0.6 is 31.9 Å². The van der Waals surface area contributed by atoms with Gasteiger partial charge in [-0.1, -0.05) is 28.1 Å². The van der Waals surface area contributed by atoms with Crippen LogP contribution in [0.15, 0.2) is 39.3 Å². The maximum atomic E-state index is 13.5. The van der Waals surface area contributed by atoms with Gasteiger partial charge in [-0.15, -0.1) is 0 Å². The minimum absolute atomic E-state index is 0.286. The van der Waals surface area contributed by atoms with E-state index in [2.05, 4.69) is 31.9 Å². The molecule has 0 heterocycles. The molecule has 0 saturated heterocycles. The number of rotatable bonds is 5. The van der Waals surface area contributed by atoms with Crippen molar-refractivity contribution in [3.05, 3.63) is 61.8 Å². The summed E-state index contributed by atoms with van der Waals surface area (Å²) in [7, 11) is 0. The van der Waals surface area contributed by atoms with Crippen molar-refractivity contribution >= 4 is 31.9 Å². The minimum atomic E-state index is -0.286. The lowest BCUT2D eigenvalue weighted by Gasteiger charge is -2.15. The van der Waals surface area contributed by atoms with E-state index in [1.54, 1.807) is 6.07 Å². The van der Waals surface area contributed by atoms with Crippen LogP contribution in [-0.2, 0) is 13.0 Å². The predicted molar refractivity (Wildman–Crippen MR) is 90.1 cm³/mol. The minimum Gasteiger partial charge on any atom is -0.488 e. The summed E-state index contributed by atoms with van der Waals surface area (Å²) in [5.74, 6) is 0.533. The first-order chi connectivity index (χ1) is 10.0. The number of hydrogen-bond acceptors (Lipinski definition) is 2. The van der Waals surface area contributed by atoms with Gasteiger partial charge >= 0.3 is 0 Å². The third kappa shape index (κ3) is 4.05. The van der Waals surface area contributed by atoms with E-state index in [1.165, 1.54) is 6.07 Å². The number of halogens is 3. The summed E-state index contributed by atoms with van der Waals surface area (Å²) < 4.78 is 20.9. The number of nitrogens with two attached hydrogens (primary N) is 1. The molecule has 0 saturated carbocycles. The van der Waals surface area contributed by atoms with Gasteiger partial charge in [-0.2, -0.15) is 0 Å². The summed E-state index contributed by atoms with van der Waals surface area (Å²) in [4.78, 5) is 0. The summed E-state index contributed by atoms with van der Waals surface area (Å²) in [5.41, 5.74) is 8.51. The van der Waals surface area contributed by atoms with Gasteiger partial charge in [0.2, 0.25) is 0 Å². The quantitative estimate of drug-likeness (QED) is 0.763. The maximum absolute atomic E-state index is 13.5. The van der Waals surface area contributed by atoms with Crippen LogP contribution in [0.25, 0.3) is 0 Å². The molecule has 2 aromatic carbocycles. The fourth-order valence-electron chi connectivity index (χ4n) is 2.16. The first kappa shape index (κ1) is 16.5. The highest BCUT2D eigenvalue weighted by molar-refractivity contribution is 9.10. The zero-order chi connectivity index (χ0) is 15.4. The van der Waals surface area contributed by atoms with Crippen molar-refractivity contribution in [1.82, 2.24) is 0 Å². The third-order valence-corrected chi connectivity index (χ3v) is 4.48. The van der Waals surface area contributed by atoms with Gasteiger partial charge in [-0.05, 0) is 65.1 Å². The Bertz CT molecular complexity index is 646. The Kier molecular flexibility index (Phi) is 5.79. The van der Waals surface area contributed by atoms with Gasteiger partial charge in [0, 0.05) is 10.0 Å². The SMILES string of the molecule is Cc1cc(Br)cc(CCN)c1OCc1cccc(F)c1Br. The van der Waals surface area contributed by atoms with Crippen LogP contribution < -0.4 is 10.5 Å². The molecule has 0 atom stereocenters. The van der Waals surface area contributed by atoms with Crippen molar-refractivity contribution in [3.8, 4) is 5.75 Å². The topological polar surface area (TPSA) is 35.2 Å². The second-order valence-electron chi connectivity index (χ2n) is 4.75. The second-order valence-corrected chi connectivity index (χ2v) is 6.46. The summed E-state index contributed by atoms with van der Waals surface area (Å²) in [6.45, 7) is 2.84. The first-order valence-corrected chi connectivity index (χ1v) is 8.16. The van der Waals surface area contributed by atoms with E-state index < -0.39 is 0 Å². The number of aryl methyl sites for hydroxylation is 1. The molecule has 21 heavy (non-hydrogen) atoms. The molecule has 112 valence electrons. The van der Waals surface area contributed by atoms with Crippen LogP contribution in [0.2, 0.25) is 0 Å².